The Morgan fingerprint density at radius 2 is 2.12 bits per heavy atom. The molecule has 1 aliphatic rings. The third-order valence-corrected chi connectivity index (χ3v) is 4.69. The lowest BCUT2D eigenvalue weighted by molar-refractivity contribution is -0.141. The fourth-order valence-corrected chi connectivity index (χ4v) is 3.40. The van der Waals surface area contributed by atoms with Crippen molar-refractivity contribution in [2.75, 3.05) is 13.7 Å². The molecule has 0 spiro atoms. The zero-order chi connectivity index (χ0) is 17.1. The Kier molecular flexibility index (Phi) is 4.85. The molecule has 0 radical (unpaired) electrons. The van der Waals surface area contributed by atoms with Crippen molar-refractivity contribution in [2.45, 2.75) is 31.8 Å². The first-order valence-corrected chi connectivity index (χ1v) is 8.20. The van der Waals surface area contributed by atoms with E-state index < -0.39 is 5.97 Å². The maximum absolute atomic E-state index is 12.7. The lowest BCUT2D eigenvalue weighted by Gasteiger charge is -2.11. The van der Waals surface area contributed by atoms with Gasteiger partial charge in [-0.15, -0.1) is 0 Å². The van der Waals surface area contributed by atoms with Gasteiger partial charge in [0, 0.05) is 36.8 Å². The normalized spacial score (nSPS) is 20.4. The van der Waals surface area contributed by atoms with Gasteiger partial charge < -0.3 is 19.7 Å². The summed E-state index contributed by atoms with van der Waals surface area (Å²) in [5.41, 5.74) is 1.62. The Morgan fingerprint density at radius 1 is 1.33 bits per heavy atom. The number of carboxylic acids is 1. The van der Waals surface area contributed by atoms with E-state index in [0.29, 0.717) is 38.0 Å². The second-order valence-electron chi connectivity index (χ2n) is 6.26. The fraction of sp³-hybridized carbons (Fsp3) is 0.444. The van der Waals surface area contributed by atoms with Gasteiger partial charge in [0.05, 0.1) is 18.1 Å². The van der Waals surface area contributed by atoms with Gasteiger partial charge in [-0.1, -0.05) is 18.2 Å². The number of aromatic nitrogens is 1. The number of benzene rings is 1. The summed E-state index contributed by atoms with van der Waals surface area (Å²) in [7, 11) is 1.65. The second kappa shape index (κ2) is 7.05. The maximum Gasteiger partial charge on any atom is 0.306 e. The molecule has 1 amide bonds. The number of carbonyl (C=O) groups is 2. The molecule has 1 aromatic carbocycles. The Bertz CT molecular complexity index is 753. The van der Waals surface area contributed by atoms with E-state index in [0.717, 1.165) is 10.9 Å². The molecular formula is C18H22N2O4. The summed E-state index contributed by atoms with van der Waals surface area (Å²) in [4.78, 5) is 23.7. The minimum absolute atomic E-state index is 0.0697. The summed E-state index contributed by atoms with van der Waals surface area (Å²) in [6.07, 6.45) is 3.69. The van der Waals surface area contributed by atoms with Gasteiger partial charge in [-0.3, -0.25) is 9.59 Å². The molecule has 3 rings (SSSR count). The summed E-state index contributed by atoms with van der Waals surface area (Å²) in [6, 6.07) is 7.71. The summed E-state index contributed by atoms with van der Waals surface area (Å²) < 4.78 is 7.15. The first kappa shape index (κ1) is 16.5. The average molecular weight is 330 g/mol. The average Bonchev–Trinajstić information content (AvgIpc) is 3.18. The largest absolute Gasteiger partial charge is 0.481 e. The highest BCUT2D eigenvalue weighted by Crippen LogP contribution is 2.27. The first-order chi connectivity index (χ1) is 11.6. The number of hydrogen-bond donors (Lipinski definition) is 2. The summed E-state index contributed by atoms with van der Waals surface area (Å²) >= 11 is 0. The molecule has 1 heterocycles. The third kappa shape index (κ3) is 3.28. The Morgan fingerprint density at radius 3 is 2.83 bits per heavy atom. The van der Waals surface area contributed by atoms with Gasteiger partial charge in [0.25, 0.3) is 5.91 Å². The number of para-hydroxylation sites is 1. The van der Waals surface area contributed by atoms with Crippen molar-refractivity contribution in [3.63, 3.8) is 0 Å². The number of methoxy groups -OCH3 is 1. The Labute approximate surface area is 140 Å². The number of aliphatic carboxylic acids is 1. The van der Waals surface area contributed by atoms with Crippen LogP contribution in [0.15, 0.2) is 30.5 Å². The van der Waals surface area contributed by atoms with Crippen molar-refractivity contribution < 1.29 is 19.4 Å². The SMILES string of the molecule is COCCn1cc(C(=O)N[C@@H]2CC[C@H](C(=O)O)C2)c2ccccc21. The molecule has 1 fully saturated rings. The molecule has 0 saturated heterocycles. The number of hydrogen-bond acceptors (Lipinski definition) is 3. The van der Waals surface area contributed by atoms with Gasteiger partial charge in [-0.2, -0.15) is 0 Å². The van der Waals surface area contributed by atoms with Crippen LogP contribution in [0.25, 0.3) is 10.9 Å². The number of nitrogens with one attached hydrogen (secondary N) is 1. The van der Waals surface area contributed by atoms with Crippen LogP contribution in [0.2, 0.25) is 0 Å². The van der Waals surface area contributed by atoms with E-state index >= 15 is 0 Å². The molecule has 1 aliphatic carbocycles. The molecule has 2 atom stereocenters. The molecule has 24 heavy (non-hydrogen) atoms. The van der Waals surface area contributed by atoms with E-state index in [-0.39, 0.29) is 17.9 Å². The van der Waals surface area contributed by atoms with Gasteiger partial charge in [0.15, 0.2) is 0 Å². The topological polar surface area (TPSA) is 80.6 Å². The van der Waals surface area contributed by atoms with Crippen molar-refractivity contribution in [1.29, 1.82) is 0 Å². The fourth-order valence-electron chi connectivity index (χ4n) is 3.40. The van der Waals surface area contributed by atoms with Crippen molar-refractivity contribution in [3.05, 3.63) is 36.0 Å². The highest BCUT2D eigenvalue weighted by molar-refractivity contribution is 6.07. The van der Waals surface area contributed by atoms with Gasteiger partial charge in [-0.05, 0) is 25.3 Å². The van der Waals surface area contributed by atoms with Crippen LogP contribution < -0.4 is 5.32 Å². The maximum atomic E-state index is 12.7. The minimum Gasteiger partial charge on any atom is -0.481 e. The molecule has 6 nitrogen and oxygen atoms in total. The lowest BCUT2D eigenvalue weighted by atomic mass is 10.1. The predicted molar refractivity (Wildman–Crippen MR) is 90.0 cm³/mol. The van der Waals surface area contributed by atoms with E-state index in [1.807, 2.05) is 35.0 Å². The molecule has 0 unspecified atom stereocenters. The molecule has 0 aliphatic heterocycles. The van der Waals surface area contributed by atoms with Crippen LogP contribution in [-0.2, 0) is 16.1 Å². The molecule has 0 bridgehead atoms. The van der Waals surface area contributed by atoms with E-state index in [1.54, 1.807) is 7.11 Å². The van der Waals surface area contributed by atoms with Gasteiger partial charge >= 0.3 is 5.97 Å². The molecule has 128 valence electrons. The summed E-state index contributed by atoms with van der Waals surface area (Å²) in [5.74, 6) is -1.26. The Hall–Kier alpha value is -2.34. The molecule has 1 saturated carbocycles. The minimum atomic E-state index is -0.775. The van der Waals surface area contributed by atoms with Crippen LogP contribution >= 0.6 is 0 Å². The molecular weight excluding hydrogens is 308 g/mol. The van der Waals surface area contributed by atoms with Crippen molar-refractivity contribution in [3.8, 4) is 0 Å². The van der Waals surface area contributed by atoms with Crippen molar-refractivity contribution in [1.82, 2.24) is 9.88 Å². The number of rotatable bonds is 6. The van der Waals surface area contributed by atoms with Gasteiger partial charge in [-0.25, -0.2) is 0 Å². The van der Waals surface area contributed by atoms with Crippen LogP contribution in [0.5, 0.6) is 0 Å². The monoisotopic (exact) mass is 330 g/mol. The third-order valence-electron chi connectivity index (χ3n) is 4.69. The van der Waals surface area contributed by atoms with Gasteiger partial charge in [0.2, 0.25) is 0 Å². The van der Waals surface area contributed by atoms with E-state index in [4.69, 9.17) is 9.84 Å². The van der Waals surface area contributed by atoms with E-state index in [9.17, 15) is 9.59 Å². The second-order valence-corrected chi connectivity index (χ2v) is 6.26. The summed E-state index contributed by atoms with van der Waals surface area (Å²) in [5, 5.41) is 13.0. The lowest BCUT2D eigenvalue weighted by Crippen LogP contribution is -2.33. The van der Waals surface area contributed by atoms with Crippen LogP contribution in [-0.4, -0.2) is 41.3 Å². The van der Waals surface area contributed by atoms with Crippen LogP contribution in [0.4, 0.5) is 0 Å². The number of carbonyl (C=O) groups excluding carboxylic acids is 1. The van der Waals surface area contributed by atoms with Crippen molar-refractivity contribution >= 4 is 22.8 Å². The Balaban J connectivity index is 1.78. The highest BCUT2D eigenvalue weighted by Gasteiger charge is 2.31. The van der Waals surface area contributed by atoms with Crippen LogP contribution in [0.1, 0.15) is 29.6 Å². The van der Waals surface area contributed by atoms with Crippen molar-refractivity contribution in [2.24, 2.45) is 5.92 Å². The van der Waals surface area contributed by atoms with Crippen LogP contribution in [0.3, 0.4) is 0 Å². The molecule has 2 N–H and O–H groups in total. The number of ether oxygens (including phenoxy) is 1. The number of fused-ring (bicyclic) bond motifs is 1. The zero-order valence-electron chi connectivity index (χ0n) is 13.7. The van der Waals surface area contributed by atoms with Crippen LogP contribution in [0, 0.1) is 5.92 Å². The van der Waals surface area contributed by atoms with Gasteiger partial charge in [0.1, 0.15) is 0 Å². The molecule has 2 aromatic rings. The molecule has 1 aromatic heterocycles. The number of amides is 1. The quantitative estimate of drug-likeness (QED) is 0.851. The summed E-state index contributed by atoms with van der Waals surface area (Å²) in [6.45, 7) is 1.25. The number of carboxylic acid groups (broad SMARTS) is 1. The number of nitrogens with zero attached hydrogens (tertiary/aromatic N) is 1. The van der Waals surface area contributed by atoms with E-state index in [2.05, 4.69) is 5.32 Å². The molecule has 6 heteroatoms. The zero-order valence-corrected chi connectivity index (χ0v) is 13.7. The first-order valence-electron chi connectivity index (χ1n) is 8.20. The highest BCUT2D eigenvalue weighted by atomic mass is 16.5. The standard InChI is InChI=1S/C18H22N2O4/c1-24-9-8-20-11-15(14-4-2-3-5-16(14)20)17(21)19-13-7-6-12(10-13)18(22)23/h2-5,11-13H,6-10H2,1H3,(H,19,21)(H,22,23)/t12-,13+/m0/s1. The predicted octanol–water partition coefficient (Wildman–Crippen LogP) is 2.27. The smallest absolute Gasteiger partial charge is 0.306 e. The van der Waals surface area contributed by atoms with E-state index in [1.165, 1.54) is 0 Å².